The molecule has 2 fully saturated rings. The fraction of sp³-hybridized carbons (Fsp3) is 0.714. The van der Waals surface area contributed by atoms with Crippen LogP contribution < -0.4 is 10.6 Å². The number of anilines is 2. The van der Waals surface area contributed by atoms with Crippen molar-refractivity contribution in [2.45, 2.75) is 44.1 Å². The highest BCUT2D eigenvalue weighted by Gasteiger charge is 2.48. The van der Waals surface area contributed by atoms with Crippen LogP contribution in [0.2, 0.25) is 0 Å². The highest BCUT2D eigenvalue weighted by Crippen LogP contribution is 2.43. The Labute approximate surface area is 113 Å². The zero-order valence-electron chi connectivity index (χ0n) is 11.2. The van der Waals surface area contributed by atoms with Crippen LogP contribution >= 0.6 is 0 Å². The Morgan fingerprint density at radius 1 is 1.16 bits per heavy atom. The van der Waals surface area contributed by atoms with Crippen molar-refractivity contribution in [3.05, 3.63) is 11.3 Å². The first-order valence-corrected chi connectivity index (χ1v) is 7.30. The van der Waals surface area contributed by atoms with Gasteiger partial charge >= 0.3 is 0 Å². The largest absolute Gasteiger partial charge is 0.371 e. The zero-order chi connectivity index (χ0) is 12.9. The Hall–Kier alpha value is -1.36. The van der Waals surface area contributed by atoms with Crippen LogP contribution in [0, 0.1) is 0 Å². The molecule has 19 heavy (non-hydrogen) atoms. The van der Waals surface area contributed by atoms with E-state index in [1.54, 1.807) is 0 Å². The monoisotopic (exact) mass is 260 g/mol. The van der Waals surface area contributed by atoms with Gasteiger partial charge in [-0.05, 0) is 38.5 Å². The van der Waals surface area contributed by atoms with Gasteiger partial charge in [-0.3, -0.25) is 0 Å². The summed E-state index contributed by atoms with van der Waals surface area (Å²) in [4.78, 5) is 11.3. The van der Waals surface area contributed by atoms with Crippen LogP contribution in [-0.4, -0.2) is 35.3 Å². The summed E-state index contributed by atoms with van der Waals surface area (Å²) in [5.74, 6) is 1.50. The van der Waals surface area contributed by atoms with Gasteiger partial charge in [0, 0.05) is 18.7 Å². The smallest absolute Gasteiger partial charge is 0.222 e. The van der Waals surface area contributed by atoms with Gasteiger partial charge in [-0.15, -0.1) is 0 Å². The predicted molar refractivity (Wildman–Crippen MR) is 73.2 cm³/mol. The molecule has 2 aliphatic carbocycles. The number of nitrogens with two attached hydrogens (primary N) is 1. The summed E-state index contributed by atoms with van der Waals surface area (Å²) in [5, 5.41) is 0. The quantitative estimate of drug-likeness (QED) is 0.824. The molecule has 5 nitrogen and oxygen atoms in total. The van der Waals surface area contributed by atoms with Crippen LogP contribution in [0.1, 0.15) is 36.9 Å². The molecule has 1 aromatic rings. The standard InChI is InChI=1S/C14H20N4O/c15-13-16-11-4-2-1-3-10(11)12(17-13)18-7-8-19-14(9-18)5-6-14/h1-9H2,(H2,15,16,17). The molecule has 0 radical (unpaired) electrons. The second kappa shape index (κ2) is 4.07. The number of nitrogen functional groups attached to an aromatic ring is 1. The minimum atomic E-state index is 0.125. The minimum Gasteiger partial charge on any atom is -0.371 e. The Balaban J connectivity index is 1.71. The van der Waals surface area contributed by atoms with E-state index in [0.717, 1.165) is 38.4 Å². The maximum atomic E-state index is 5.89. The lowest BCUT2D eigenvalue weighted by molar-refractivity contribution is 0.0203. The molecule has 1 spiro atoms. The third kappa shape index (κ3) is 1.96. The first-order valence-electron chi connectivity index (χ1n) is 7.30. The molecule has 0 bridgehead atoms. The maximum Gasteiger partial charge on any atom is 0.222 e. The molecule has 4 rings (SSSR count). The van der Waals surface area contributed by atoms with Crippen molar-refractivity contribution in [2.75, 3.05) is 30.3 Å². The van der Waals surface area contributed by atoms with Crippen LogP contribution in [-0.2, 0) is 17.6 Å². The van der Waals surface area contributed by atoms with Crippen molar-refractivity contribution in [3.8, 4) is 0 Å². The number of nitrogens with zero attached hydrogens (tertiary/aromatic N) is 3. The molecular weight excluding hydrogens is 240 g/mol. The van der Waals surface area contributed by atoms with E-state index in [9.17, 15) is 0 Å². The molecule has 3 aliphatic rings. The summed E-state index contributed by atoms with van der Waals surface area (Å²) in [6.07, 6.45) is 6.97. The Kier molecular flexibility index (Phi) is 2.45. The number of ether oxygens (including phenoxy) is 1. The Morgan fingerprint density at radius 2 is 2.00 bits per heavy atom. The average molecular weight is 260 g/mol. The zero-order valence-corrected chi connectivity index (χ0v) is 11.2. The molecule has 1 saturated heterocycles. The molecule has 0 aromatic carbocycles. The SMILES string of the molecule is Nc1nc2c(c(N3CCOC4(CC4)C3)n1)CCCC2. The molecule has 0 atom stereocenters. The third-order valence-corrected chi connectivity index (χ3v) is 4.53. The van der Waals surface area contributed by atoms with Crippen molar-refractivity contribution >= 4 is 11.8 Å². The van der Waals surface area contributed by atoms with E-state index < -0.39 is 0 Å². The lowest BCUT2D eigenvalue weighted by Gasteiger charge is -2.36. The van der Waals surface area contributed by atoms with Gasteiger partial charge in [-0.25, -0.2) is 4.98 Å². The average Bonchev–Trinajstić information content (AvgIpc) is 3.17. The van der Waals surface area contributed by atoms with Crippen LogP contribution in [0.4, 0.5) is 11.8 Å². The van der Waals surface area contributed by atoms with Gasteiger partial charge in [-0.1, -0.05) is 0 Å². The second-order valence-corrected chi connectivity index (χ2v) is 5.99. The summed E-state index contributed by atoms with van der Waals surface area (Å²) in [6.45, 7) is 2.69. The van der Waals surface area contributed by atoms with Crippen LogP contribution in [0.5, 0.6) is 0 Å². The normalized spacial score (nSPS) is 24.3. The molecule has 0 amide bonds. The summed E-state index contributed by atoms with van der Waals surface area (Å²) >= 11 is 0. The Morgan fingerprint density at radius 3 is 2.84 bits per heavy atom. The van der Waals surface area contributed by atoms with Crippen LogP contribution in [0.15, 0.2) is 0 Å². The summed E-state index contributed by atoms with van der Waals surface area (Å²) in [5.41, 5.74) is 8.52. The van der Waals surface area contributed by atoms with Crippen molar-refractivity contribution in [1.82, 2.24) is 9.97 Å². The summed E-state index contributed by atoms with van der Waals surface area (Å²) in [6, 6.07) is 0. The van der Waals surface area contributed by atoms with Crippen molar-refractivity contribution in [3.63, 3.8) is 0 Å². The lowest BCUT2D eigenvalue weighted by Crippen LogP contribution is -2.45. The van der Waals surface area contributed by atoms with E-state index in [2.05, 4.69) is 14.9 Å². The van der Waals surface area contributed by atoms with E-state index >= 15 is 0 Å². The van der Waals surface area contributed by atoms with Gasteiger partial charge in [0.25, 0.3) is 0 Å². The van der Waals surface area contributed by atoms with Crippen LogP contribution in [0.25, 0.3) is 0 Å². The van der Waals surface area contributed by atoms with Gasteiger partial charge in [0.1, 0.15) is 5.82 Å². The van der Waals surface area contributed by atoms with Gasteiger partial charge in [0.05, 0.1) is 17.9 Å². The van der Waals surface area contributed by atoms with Gasteiger partial charge in [-0.2, -0.15) is 4.98 Å². The molecule has 0 unspecified atom stereocenters. The molecule has 5 heteroatoms. The van der Waals surface area contributed by atoms with Crippen molar-refractivity contribution < 1.29 is 4.74 Å². The molecule has 2 heterocycles. The molecule has 1 aromatic heterocycles. The van der Waals surface area contributed by atoms with E-state index in [4.69, 9.17) is 10.5 Å². The highest BCUT2D eigenvalue weighted by molar-refractivity contribution is 5.53. The minimum absolute atomic E-state index is 0.125. The van der Waals surface area contributed by atoms with Crippen molar-refractivity contribution in [1.29, 1.82) is 0 Å². The highest BCUT2D eigenvalue weighted by atomic mass is 16.5. The van der Waals surface area contributed by atoms with Gasteiger partial charge < -0.3 is 15.4 Å². The van der Waals surface area contributed by atoms with E-state index in [-0.39, 0.29) is 5.60 Å². The molecular formula is C14H20N4O. The fourth-order valence-electron chi connectivity index (χ4n) is 3.32. The van der Waals surface area contributed by atoms with Crippen LogP contribution in [0.3, 0.4) is 0 Å². The number of morpholine rings is 1. The molecule has 1 aliphatic heterocycles. The number of rotatable bonds is 1. The number of hydrogen-bond donors (Lipinski definition) is 1. The van der Waals surface area contributed by atoms with E-state index in [1.165, 1.54) is 36.9 Å². The predicted octanol–water partition coefficient (Wildman–Crippen LogP) is 1.31. The summed E-state index contributed by atoms with van der Waals surface area (Å²) < 4.78 is 5.89. The number of aryl methyl sites for hydroxylation is 1. The van der Waals surface area contributed by atoms with E-state index in [0.29, 0.717) is 5.95 Å². The lowest BCUT2D eigenvalue weighted by atomic mass is 9.96. The summed E-state index contributed by atoms with van der Waals surface area (Å²) in [7, 11) is 0. The van der Waals surface area contributed by atoms with Gasteiger partial charge in [0.2, 0.25) is 5.95 Å². The molecule has 1 saturated carbocycles. The number of fused-ring (bicyclic) bond motifs is 1. The molecule has 2 N–H and O–H groups in total. The Bertz CT molecular complexity index is 512. The van der Waals surface area contributed by atoms with Crippen molar-refractivity contribution in [2.24, 2.45) is 0 Å². The maximum absolute atomic E-state index is 5.89. The number of aromatic nitrogens is 2. The topological polar surface area (TPSA) is 64.3 Å². The third-order valence-electron chi connectivity index (χ3n) is 4.53. The molecule has 102 valence electrons. The first-order chi connectivity index (χ1) is 9.26. The van der Waals surface area contributed by atoms with Gasteiger partial charge in [0.15, 0.2) is 0 Å². The second-order valence-electron chi connectivity index (χ2n) is 5.99. The first kappa shape index (κ1) is 11.5. The van der Waals surface area contributed by atoms with E-state index in [1.807, 2.05) is 0 Å². The fourth-order valence-corrected chi connectivity index (χ4v) is 3.32. The number of hydrogen-bond acceptors (Lipinski definition) is 5.